The van der Waals surface area contributed by atoms with Gasteiger partial charge in [0.1, 0.15) is 6.61 Å². The zero-order valence-electron chi connectivity index (χ0n) is 14.4. The number of rotatable bonds is 5. The zero-order chi connectivity index (χ0) is 16.3. The lowest BCUT2D eigenvalue weighted by Gasteiger charge is -2.15. The molecule has 0 aliphatic rings. The molecule has 1 aromatic heterocycles. The van der Waals surface area contributed by atoms with Crippen molar-refractivity contribution in [3.8, 4) is 5.88 Å². The van der Waals surface area contributed by atoms with E-state index >= 15 is 0 Å². The Hall–Kier alpha value is -2.03. The molecule has 0 saturated heterocycles. The number of pyridine rings is 1. The van der Waals surface area contributed by atoms with E-state index < -0.39 is 0 Å². The number of anilines is 1. The van der Waals surface area contributed by atoms with E-state index in [0.29, 0.717) is 18.4 Å². The van der Waals surface area contributed by atoms with Gasteiger partial charge in [-0.25, -0.2) is 4.98 Å². The number of hydrogen-bond acceptors (Lipinski definition) is 3. The van der Waals surface area contributed by atoms with Crippen molar-refractivity contribution in [2.45, 2.75) is 47.1 Å². The van der Waals surface area contributed by atoms with Gasteiger partial charge in [0.2, 0.25) is 5.88 Å². The number of aryl methyl sites for hydroxylation is 2. The highest BCUT2D eigenvalue weighted by Gasteiger charge is 2.10. The molecule has 3 nitrogen and oxygen atoms in total. The quantitative estimate of drug-likeness (QED) is 0.865. The molecule has 22 heavy (non-hydrogen) atoms. The SMILES string of the molecule is CNc1c(C)cnc(OCc2ccc(C)c(C(C)C)c2)c1C. The van der Waals surface area contributed by atoms with E-state index in [1.807, 2.05) is 27.1 Å². The van der Waals surface area contributed by atoms with Gasteiger partial charge in [0, 0.05) is 24.5 Å². The Morgan fingerprint density at radius 1 is 1.14 bits per heavy atom. The summed E-state index contributed by atoms with van der Waals surface area (Å²) in [5.74, 6) is 1.22. The van der Waals surface area contributed by atoms with E-state index in [1.165, 1.54) is 16.7 Å². The molecule has 1 heterocycles. The van der Waals surface area contributed by atoms with Crippen LogP contribution in [0, 0.1) is 20.8 Å². The predicted molar refractivity (Wildman–Crippen MR) is 92.9 cm³/mol. The molecule has 0 amide bonds. The molecule has 2 rings (SSSR count). The first kappa shape index (κ1) is 16.3. The van der Waals surface area contributed by atoms with Crippen LogP contribution in [0.5, 0.6) is 5.88 Å². The summed E-state index contributed by atoms with van der Waals surface area (Å²) >= 11 is 0. The minimum absolute atomic E-state index is 0.523. The molecule has 1 aromatic carbocycles. The van der Waals surface area contributed by atoms with Crippen LogP contribution in [0.25, 0.3) is 0 Å². The molecule has 0 fully saturated rings. The number of hydrogen-bond donors (Lipinski definition) is 1. The highest BCUT2D eigenvalue weighted by atomic mass is 16.5. The number of nitrogens with one attached hydrogen (secondary N) is 1. The average molecular weight is 298 g/mol. The summed E-state index contributed by atoms with van der Waals surface area (Å²) in [4.78, 5) is 4.41. The Bertz CT molecular complexity index is 663. The second-order valence-corrected chi connectivity index (χ2v) is 6.13. The van der Waals surface area contributed by atoms with Crippen LogP contribution in [-0.4, -0.2) is 12.0 Å². The maximum Gasteiger partial charge on any atom is 0.218 e. The Morgan fingerprint density at radius 3 is 2.50 bits per heavy atom. The molecule has 0 aliphatic carbocycles. The molecule has 0 radical (unpaired) electrons. The first-order valence-electron chi connectivity index (χ1n) is 7.80. The highest BCUT2D eigenvalue weighted by Crippen LogP contribution is 2.27. The predicted octanol–water partition coefficient (Wildman–Crippen LogP) is 4.75. The van der Waals surface area contributed by atoms with Crippen molar-refractivity contribution < 1.29 is 4.74 Å². The zero-order valence-corrected chi connectivity index (χ0v) is 14.4. The van der Waals surface area contributed by atoms with Gasteiger partial charge in [-0.2, -0.15) is 0 Å². The van der Waals surface area contributed by atoms with Gasteiger partial charge in [-0.3, -0.25) is 0 Å². The first-order valence-corrected chi connectivity index (χ1v) is 7.80. The Morgan fingerprint density at radius 2 is 1.86 bits per heavy atom. The van der Waals surface area contributed by atoms with E-state index in [1.54, 1.807) is 0 Å². The second kappa shape index (κ2) is 6.82. The maximum absolute atomic E-state index is 5.94. The topological polar surface area (TPSA) is 34.2 Å². The third-order valence-corrected chi connectivity index (χ3v) is 4.06. The lowest BCUT2D eigenvalue weighted by molar-refractivity contribution is 0.291. The Balaban J connectivity index is 2.19. The van der Waals surface area contributed by atoms with Crippen LogP contribution >= 0.6 is 0 Å². The molecule has 118 valence electrons. The third-order valence-electron chi connectivity index (χ3n) is 4.06. The average Bonchev–Trinajstić information content (AvgIpc) is 2.48. The fourth-order valence-electron chi connectivity index (χ4n) is 2.80. The minimum Gasteiger partial charge on any atom is -0.473 e. The van der Waals surface area contributed by atoms with Crippen molar-refractivity contribution in [3.63, 3.8) is 0 Å². The molecule has 0 spiro atoms. The summed E-state index contributed by atoms with van der Waals surface area (Å²) in [6.07, 6.45) is 1.85. The van der Waals surface area contributed by atoms with Crippen molar-refractivity contribution >= 4 is 5.69 Å². The number of benzene rings is 1. The van der Waals surface area contributed by atoms with Crippen LogP contribution in [-0.2, 0) is 6.61 Å². The van der Waals surface area contributed by atoms with Crippen molar-refractivity contribution in [1.82, 2.24) is 4.98 Å². The lowest BCUT2D eigenvalue weighted by atomic mass is 9.96. The summed E-state index contributed by atoms with van der Waals surface area (Å²) in [5, 5.41) is 3.21. The number of nitrogens with zero attached hydrogens (tertiary/aromatic N) is 1. The van der Waals surface area contributed by atoms with E-state index in [-0.39, 0.29) is 0 Å². The smallest absolute Gasteiger partial charge is 0.218 e. The van der Waals surface area contributed by atoms with Crippen LogP contribution < -0.4 is 10.1 Å². The van der Waals surface area contributed by atoms with Crippen LogP contribution in [0.3, 0.4) is 0 Å². The van der Waals surface area contributed by atoms with Gasteiger partial charge in [-0.1, -0.05) is 32.0 Å². The molecule has 0 bridgehead atoms. The van der Waals surface area contributed by atoms with E-state index in [2.05, 4.69) is 49.3 Å². The summed E-state index contributed by atoms with van der Waals surface area (Å²) in [5.41, 5.74) is 7.17. The molecule has 1 N–H and O–H groups in total. The molecule has 0 unspecified atom stereocenters. The van der Waals surface area contributed by atoms with Crippen LogP contribution in [0.15, 0.2) is 24.4 Å². The Kier molecular flexibility index (Phi) is 5.07. The van der Waals surface area contributed by atoms with Crippen LogP contribution in [0.2, 0.25) is 0 Å². The minimum atomic E-state index is 0.523. The van der Waals surface area contributed by atoms with Gasteiger partial charge >= 0.3 is 0 Å². The molecular weight excluding hydrogens is 272 g/mol. The summed E-state index contributed by atoms with van der Waals surface area (Å²) < 4.78 is 5.94. The van der Waals surface area contributed by atoms with Crippen molar-refractivity contribution in [1.29, 1.82) is 0 Å². The number of aromatic nitrogens is 1. The van der Waals surface area contributed by atoms with Gasteiger partial charge in [0.15, 0.2) is 0 Å². The molecule has 0 aliphatic heterocycles. The normalized spacial score (nSPS) is 10.9. The number of ether oxygens (including phenoxy) is 1. The van der Waals surface area contributed by atoms with E-state index in [0.717, 1.165) is 16.8 Å². The van der Waals surface area contributed by atoms with Crippen LogP contribution in [0.4, 0.5) is 5.69 Å². The van der Waals surface area contributed by atoms with Crippen molar-refractivity contribution in [2.24, 2.45) is 0 Å². The largest absolute Gasteiger partial charge is 0.473 e. The fourth-order valence-corrected chi connectivity index (χ4v) is 2.80. The van der Waals surface area contributed by atoms with Gasteiger partial charge in [-0.05, 0) is 48.9 Å². The first-order chi connectivity index (χ1) is 10.4. The van der Waals surface area contributed by atoms with Crippen molar-refractivity contribution in [2.75, 3.05) is 12.4 Å². The van der Waals surface area contributed by atoms with E-state index in [4.69, 9.17) is 4.74 Å². The maximum atomic E-state index is 5.94. The second-order valence-electron chi connectivity index (χ2n) is 6.13. The monoisotopic (exact) mass is 298 g/mol. The van der Waals surface area contributed by atoms with Gasteiger partial charge in [-0.15, -0.1) is 0 Å². The van der Waals surface area contributed by atoms with Gasteiger partial charge in [0.25, 0.3) is 0 Å². The Labute approximate surface area is 133 Å². The lowest BCUT2D eigenvalue weighted by Crippen LogP contribution is -2.04. The molecule has 0 atom stereocenters. The third kappa shape index (κ3) is 3.41. The standard InChI is InChI=1S/C19H26N2O/c1-12(2)17-9-16(8-7-13(17)3)11-22-19-15(5)18(20-6)14(4)10-21-19/h7-10,12H,11H2,1-6H3,(H,20,21). The summed E-state index contributed by atoms with van der Waals surface area (Å²) in [6.45, 7) is 11.2. The summed E-state index contributed by atoms with van der Waals surface area (Å²) in [6, 6.07) is 6.54. The fraction of sp³-hybridized carbons (Fsp3) is 0.421. The van der Waals surface area contributed by atoms with Gasteiger partial charge in [0.05, 0.1) is 0 Å². The highest BCUT2D eigenvalue weighted by molar-refractivity contribution is 5.58. The molecule has 0 saturated carbocycles. The van der Waals surface area contributed by atoms with Crippen LogP contribution in [0.1, 0.15) is 47.6 Å². The molecule has 3 heteroatoms. The summed E-state index contributed by atoms with van der Waals surface area (Å²) in [7, 11) is 1.92. The van der Waals surface area contributed by atoms with Crippen molar-refractivity contribution in [3.05, 3.63) is 52.2 Å². The molecular formula is C19H26N2O. The van der Waals surface area contributed by atoms with E-state index in [9.17, 15) is 0 Å². The molecule has 2 aromatic rings. The van der Waals surface area contributed by atoms with Gasteiger partial charge < -0.3 is 10.1 Å².